The lowest BCUT2D eigenvalue weighted by Gasteiger charge is -2.42. The molecule has 0 aliphatic carbocycles. The molecular formula is C21H19BClNO5. The van der Waals surface area contributed by atoms with Crippen molar-refractivity contribution in [2.75, 3.05) is 20.1 Å². The highest BCUT2D eigenvalue weighted by molar-refractivity contribution is 6.33. The van der Waals surface area contributed by atoms with Crippen molar-refractivity contribution in [2.45, 2.75) is 17.8 Å². The number of hydrogen-bond acceptors (Lipinski definition) is 6. The first kappa shape index (κ1) is 19.8. The molecule has 29 heavy (non-hydrogen) atoms. The van der Waals surface area contributed by atoms with Crippen molar-refractivity contribution in [2.24, 2.45) is 0 Å². The molecule has 2 atom stereocenters. The van der Waals surface area contributed by atoms with Crippen molar-refractivity contribution < 1.29 is 19.7 Å². The molecule has 4 rings (SSSR count). The number of rotatable bonds is 2. The van der Waals surface area contributed by atoms with Gasteiger partial charge in [0.05, 0.1) is 5.02 Å². The number of phenolic OH excluding ortho intramolecular Hbond substituents is 2. The Morgan fingerprint density at radius 2 is 1.97 bits per heavy atom. The SMILES string of the molecule is [B]C1(O)CN(C)CCC1c1c(O)cc(O)c2c(=O)cc(-c3ccccc3Cl)oc12. The number of nitrogens with zero attached hydrogens (tertiary/aromatic N) is 1. The normalized spacial score (nSPS) is 22.8. The number of halogens is 1. The van der Waals surface area contributed by atoms with Gasteiger partial charge in [-0.05, 0) is 32.1 Å². The fourth-order valence-corrected chi connectivity index (χ4v) is 4.30. The Labute approximate surface area is 173 Å². The highest BCUT2D eigenvalue weighted by Gasteiger charge is 2.40. The minimum absolute atomic E-state index is 0.0108. The third-order valence-electron chi connectivity index (χ3n) is 5.41. The summed E-state index contributed by atoms with van der Waals surface area (Å²) in [6.07, 6.45) is 0.428. The molecule has 1 aromatic heterocycles. The third kappa shape index (κ3) is 3.39. The monoisotopic (exact) mass is 411 g/mol. The van der Waals surface area contributed by atoms with E-state index < -0.39 is 22.6 Å². The fraction of sp³-hybridized carbons (Fsp3) is 0.286. The zero-order chi connectivity index (χ0) is 20.9. The van der Waals surface area contributed by atoms with E-state index >= 15 is 0 Å². The minimum atomic E-state index is -1.66. The lowest BCUT2D eigenvalue weighted by atomic mass is 9.65. The summed E-state index contributed by atoms with van der Waals surface area (Å²) in [6.45, 7) is 0.800. The molecule has 1 aliphatic rings. The Balaban J connectivity index is 2.02. The third-order valence-corrected chi connectivity index (χ3v) is 5.74. The first-order valence-corrected chi connectivity index (χ1v) is 9.54. The molecule has 1 fully saturated rings. The van der Waals surface area contributed by atoms with Crippen LogP contribution in [-0.2, 0) is 0 Å². The summed E-state index contributed by atoms with van der Waals surface area (Å²) in [5.74, 6) is -1.22. The molecule has 148 valence electrons. The quantitative estimate of drug-likeness (QED) is 0.561. The number of benzene rings is 2. The Hall–Kier alpha value is -2.48. The number of phenols is 2. The molecule has 2 aromatic carbocycles. The Kier molecular flexibility index (Phi) is 4.85. The molecule has 2 heterocycles. The predicted molar refractivity (Wildman–Crippen MR) is 112 cm³/mol. The average Bonchev–Trinajstić information content (AvgIpc) is 2.62. The van der Waals surface area contributed by atoms with Crippen molar-refractivity contribution in [3.63, 3.8) is 0 Å². The fourth-order valence-electron chi connectivity index (χ4n) is 4.07. The van der Waals surface area contributed by atoms with E-state index in [1.165, 1.54) is 6.07 Å². The van der Waals surface area contributed by atoms with Crippen molar-refractivity contribution in [3.8, 4) is 22.8 Å². The zero-order valence-corrected chi connectivity index (χ0v) is 16.5. The second kappa shape index (κ2) is 7.09. The van der Waals surface area contributed by atoms with E-state index in [1.54, 1.807) is 24.3 Å². The summed E-state index contributed by atoms with van der Waals surface area (Å²) in [4.78, 5) is 14.7. The average molecular weight is 412 g/mol. The molecule has 0 spiro atoms. The summed E-state index contributed by atoms with van der Waals surface area (Å²) < 4.78 is 5.99. The number of β-amino-alcohol motifs (C(OH)–C–C–N with tert-alkyl or cyclic N) is 1. The molecule has 3 N–H and O–H groups in total. The number of aromatic hydroxyl groups is 2. The molecule has 0 saturated carbocycles. The Morgan fingerprint density at radius 3 is 2.66 bits per heavy atom. The van der Waals surface area contributed by atoms with E-state index in [-0.39, 0.29) is 34.6 Å². The minimum Gasteiger partial charge on any atom is -0.507 e. The highest BCUT2D eigenvalue weighted by Crippen LogP contribution is 2.45. The summed E-state index contributed by atoms with van der Waals surface area (Å²) in [6, 6.07) is 9.19. The molecule has 3 aromatic rings. The van der Waals surface area contributed by atoms with Crippen LogP contribution in [0.25, 0.3) is 22.3 Å². The Bertz CT molecular complexity index is 1160. The van der Waals surface area contributed by atoms with Gasteiger partial charge in [-0.1, -0.05) is 23.7 Å². The van der Waals surface area contributed by atoms with Crippen molar-refractivity contribution in [1.82, 2.24) is 4.90 Å². The van der Waals surface area contributed by atoms with Crippen molar-refractivity contribution >= 4 is 30.4 Å². The van der Waals surface area contributed by atoms with Gasteiger partial charge in [0.1, 0.15) is 36.1 Å². The van der Waals surface area contributed by atoms with Gasteiger partial charge < -0.3 is 24.6 Å². The molecular weight excluding hydrogens is 392 g/mol. The number of fused-ring (bicyclic) bond motifs is 1. The standard InChI is InChI=1S/C21H19BClNO5/c1-24-7-6-12(21(22,28)10-24)18-14(25)8-15(26)19-16(27)9-17(29-20(18)19)11-4-2-3-5-13(11)23/h2-5,8-9,12,25-26,28H,6-7,10H2,1H3. The van der Waals surface area contributed by atoms with Crippen LogP contribution >= 0.6 is 11.6 Å². The number of hydrogen-bond donors (Lipinski definition) is 3. The first-order chi connectivity index (χ1) is 13.7. The highest BCUT2D eigenvalue weighted by atomic mass is 35.5. The number of likely N-dealkylation sites (tertiary alicyclic amines) is 1. The van der Waals surface area contributed by atoms with Crippen LogP contribution in [0.2, 0.25) is 5.02 Å². The molecule has 2 unspecified atom stereocenters. The molecule has 0 amide bonds. The lowest BCUT2D eigenvalue weighted by molar-refractivity contribution is 0.0260. The number of piperidine rings is 1. The smallest absolute Gasteiger partial charge is 0.197 e. The molecule has 1 saturated heterocycles. The lowest BCUT2D eigenvalue weighted by Crippen LogP contribution is -2.52. The summed E-state index contributed by atoms with van der Waals surface area (Å²) >= 11 is 6.25. The van der Waals surface area contributed by atoms with Gasteiger partial charge in [-0.15, -0.1) is 0 Å². The molecule has 8 heteroatoms. The first-order valence-electron chi connectivity index (χ1n) is 9.16. The molecule has 2 radical (unpaired) electrons. The van der Waals surface area contributed by atoms with Crippen LogP contribution in [0.5, 0.6) is 11.5 Å². The summed E-state index contributed by atoms with van der Waals surface area (Å²) in [5.41, 5.74) is -1.47. The van der Waals surface area contributed by atoms with Crippen molar-refractivity contribution in [3.05, 3.63) is 57.2 Å². The van der Waals surface area contributed by atoms with E-state index in [4.69, 9.17) is 23.9 Å². The summed E-state index contributed by atoms with van der Waals surface area (Å²) in [7, 11) is 7.98. The van der Waals surface area contributed by atoms with Crippen molar-refractivity contribution in [1.29, 1.82) is 0 Å². The largest absolute Gasteiger partial charge is 0.507 e. The number of likely N-dealkylation sites (N-methyl/N-ethyl adjacent to an activating group) is 1. The van der Waals surface area contributed by atoms with Gasteiger partial charge in [-0.2, -0.15) is 0 Å². The predicted octanol–water partition coefficient (Wildman–Crippen LogP) is 2.80. The summed E-state index contributed by atoms with van der Waals surface area (Å²) in [5, 5.41) is 32.1. The maximum atomic E-state index is 12.8. The zero-order valence-electron chi connectivity index (χ0n) is 15.7. The maximum Gasteiger partial charge on any atom is 0.197 e. The van der Waals surface area contributed by atoms with E-state index in [0.717, 1.165) is 6.07 Å². The van der Waals surface area contributed by atoms with Gasteiger partial charge in [-0.3, -0.25) is 4.79 Å². The second-order valence-corrected chi connectivity index (χ2v) is 7.96. The van der Waals surface area contributed by atoms with Crippen LogP contribution in [0.1, 0.15) is 17.9 Å². The van der Waals surface area contributed by atoms with E-state index in [2.05, 4.69) is 0 Å². The van der Waals surface area contributed by atoms with Gasteiger partial charge in [-0.25, -0.2) is 0 Å². The van der Waals surface area contributed by atoms with Crippen LogP contribution < -0.4 is 5.43 Å². The maximum absolute atomic E-state index is 12.8. The number of aliphatic hydroxyl groups is 1. The molecule has 1 aliphatic heterocycles. The second-order valence-electron chi connectivity index (χ2n) is 7.56. The van der Waals surface area contributed by atoms with Crippen LogP contribution in [-0.4, -0.2) is 53.7 Å². The van der Waals surface area contributed by atoms with E-state index in [1.807, 2.05) is 11.9 Å². The van der Waals surface area contributed by atoms with E-state index in [0.29, 0.717) is 23.6 Å². The Morgan fingerprint density at radius 1 is 1.24 bits per heavy atom. The van der Waals surface area contributed by atoms with Gasteiger partial charge in [0.25, 0.3) is 0 Å². The van der Waals surface area contributed by atoms with Crippen LogP contribution in [0.4, 0.5) is 0 Å². The van der Waals surface area contributed by atoms with Gasteiger partial charge in [0.15, 0.2) is 5.43 Å². The van der Waals surface area contributed by atoms with Gasteiger partial charge >= 0.3 is 0 Å². The van der Waals surface area contributed by atoms with Crippen LogP contribution in [0, 0.1) is 0 Å². The van der Waals surface area contributed by atoms with Gasteiger partial charge in [0.2, 0.25) is 0 Å². The van der Waals surface area contributed by atoms with Gasteiger partial charge in [0, 0.05) is 41.2 Å². The van der Waals surface area contributed by atoms with Crippen LogP contribution in [0.15, 0.2) is 45.6 Å². The topological polar surface area (TPSA) is 94.1 Å². The molecule has 0 bridgehead atoms. The van der Waals surface area contributed by atoms with Crippen LogP contribution in [0.3, 0.4) is 0 Å². The molecule has 6 nitrogen and oxygen atoms in total. The van der Waals surface area contributed by atoms with E-state index in [9.17, 15) is 20.1 Å².